The van der Waals surface area contributed by atoms with Gasteiger partial charge in [-0.1, -0.05) is 173 Å². The Hall–Kier alpha value is -10.8. The van der Waals surface area contributed by atoms with Crippen LogP contribution in [0.4, 0.5) is 4.79 Å². The van der Waals surface area contributed by atoms with Gasteiger partial charge in [-0.2, -0.15) is 0 Å². The number of nitrogens with zero attached hydrogens (tertiary/aromatic N) is 6. The quantitative estimate of drug-likeness (QED) is 0.00394. The number of amides is 3. The summed E-state index contributed by atoms with van der Waals surface area (Å²) in [7, 11) is 8.50. The summed E-state index contributed by atoms with van der Waals surface area (Å²) >= 11 is 0. The maximum absolute atomic E-state index is 13.8. The largest absolute Gasteiger partial charge is 0.519 e. The Labute approximate surface area is 853 Å². The second kappa shape index (κ2) is 53.9. The van der Waals surface area contributed by atoms with Gasteiger partial charge >= 0.3 is 6.16 Å². The minimum Gasteiger partial charge on any atom is -0.508 e. The van der Waals surface area contributed by atoms with Crippen LogP contribution in [0.3, 0.4) is 0 Å². The van der Waals surface area contributed by atoms with Crippen LogP contribution in [0.1, 0.15) is 215 Å². The minimum atomic E-state index is -1.01. The fourth-order valence-electron chi connectivity index (χ4n) is 16.5. The zero-order valence-corrected chi connectivity index (χ0v) is 85.8. The smallest absolute Gasteiger partial charge is 0.508 e. The van der Waals surface area contributed by atoms with Gasteiger partial charge < -0.3 is 94.1 Å². The number of rotatable bonds is 29. The number of allylic oxidation sites excluding steroid dienone is 3. The van der Waals surface area contributed by atoms with E-state index in [-0.39, 0.29) is 193 Å². The van der Waals surface area contributed by atoms with E-state index < -0.39 is 23.7 Å². The number of unbranched alkanes of at least 4 members (excludes halogenated alkanes) is 2. The molecule has 7 aromatic carbocycles. The molecular weight excluding hydrogens is 1900 g/mol. The molecule has 14 rings (SSSR count). The Bertz CT molecular complexity index is 5560. The van der Waals surface area contributed by atoms with E-state index in [0.29, 0.717) is 94.9 Å². The van der Waals surface area contributed by atoms with Crippen molar-refractivity contribution >= 4 is 51.2 Å². The second-order valence-corrected chi connectivity index (χ2v) is 34.5. The SMILES string of the molecule is C=C(C)C1CCC(C)=CC1c1c(O)cc(CCCCC)cc1OC(=O)Oc1cc(O)c(-c2onc(C(=O)NCC)c2-c2ccc(CN3CCOCC3)cc2)cc1C(C)C.CCNC(=O)c1noc(-c2cc(C(C)C)c(O)cc2O)c1-c1ccc(CN2CCOCC2)cc1.CCNC(=O)c1noc(-c2cc(C(C)C)c(O)cc2O)c1-c1ccc(CN2CCOCC2)cc1.[B]C(=N)O.[B]C(=N)O.[Y].[Y]. The Balaban J connectivity index is 0.000000253. The molecule has 6 heterocycles. The molecule has 137 heavy (non-hydrogen) atoms. The number of morpholine rings is 3. The van der Waals surface area contributed by atoms with Crippen molar-refractivity contribution in [1.29, 1.82) is 10.8 Å². The number of hydrogen-bond donors (Lipinski definition) is 13. The molecule has 31 nitrogen and oxygen atoms in total. The normalized spacial score (nSPS) is 14.9. The molecule has 13 N–H and O–H groups in total. The molecule has 3 aliphatic heterocycles. The van der Waals surface area contributed by atoms with Gasteiger partial charge in [-0.05, 0) is 170 Å². The van der Waals surface area contributed by atoms with Crippen molar-refractivity contribution in [2.24, 2.45) is 5.92 Å². The van der Waals surface area contributed by atoms with E-state index in [0.717, 1.165) is 156 Å². The summed E-state index contributed by atoms with van der Waals surface area (Å²) < 4.78 is 45.4. The number of phenolic OH excluding ortho intramolecular Hbond substituents is 6. The van der Waals surface area contributed by atoms with Crippen LogP contribution in [0.25, 0.3) is 67.4 Å². The van der Waals surface area contributed by atoms with Gasteiger partial charge in [-0.3, -0.25) is 39.9 Å². The Morgan fingerprint density at radius 1 is 0.474 bits per heavy atom. The van der Waals surface area contributed by atoms with E-state index >= 15 is 0 Å². The number of aryl methyl sites for hydroxylation is 1. The third kappa shape index (κ3) is 30.6. The van der Waals surface area contributed by atoms with Crippen LogP contribution < -0.4 is 25.4 Å². The number of aliphatic hydroxyl groups is 2. The Kier molecular flexibility index (Phi) is 43.9. The summed E-state index contributed by atoms with van der Waals surface area (Å²) in [5, 5.41) is 112. The molecule has 0 bridgehead atoms. The fourth-order valence-corrected chi connectivity index (χ4v) is 16.5. The van der Waals surface area contributed by atoms with E-state index in [2.05, 4.69) is 88.3 Å². The monoisotopic (exact) mass is 2020 g/mol. The third-order valence-corrected chi connectivity index (χ3v) is 23.4. The van der Waals surface area contributed by atoms with Crippen molar-refractivity contribution in [1.82, 2.24) is 46.1 Å². The van der Waals surface area contributed by atoms with Gasteiger partial charge in [0.2, 0.25) is 0 Å². The zero-order valence-electron chi connectivity index (χ0n) is 80.2. The summed E-state index contributed by atoms with van der Waals surface area (Å²) in [5.41, 5.74) is 13.9. The number of phenols is 6. The molecule has 2 unspecified atom stereocenters. The molecule has 3 aromatic heterocycles. The van der Waals surface area contributed by atoms with Gasteiger partial charge in [-0.15, -0.1) is 0 Å². The molecule has 10 aromatic rings. The Morgan fingerprint density at radius 2 is 0.810 bits per heavy atom. The van der Waals surface area contributed by atoms with Crippen molar-refractivity contribution in [2.45, 2.75) is 165 Å². The summed E-state index contributed by atoms with van der Waals surface area (Å²) in [6.07, 6.45) is 6.64. The number of benzene rings is 7. The van der Waals surface area contributed by atoms with Crippen molar-refractivity contribution < 1.29 is 163 Å². The average molecular weight is 2020 g/mol. The zero-order chi connectivity index (χ0) is 97.9. The standard InChI is InChI=1S/C48H59N3O8.2C26H31N3O5.2CH2BNO.2Y/c1-8-10-11-12-33-24-40(53)44(37-23-31(7)13-18-35(37)29(3)4)42(25-33)58-48(55)57-41-27-39(52)38(26-36(41)30(5)6)46-43(45(50-59-46)47(54)49-9-2)34-16-14-32(15-17-34)28-51-19-21-56-22-20-51;2*1-4-27-26(32)24-23(18-7-5-17(6-8-18)15-29-9-11-33-12-10-29)25(34-28-24)20-13-19(16(2)3)21(30)14-22(20)31;2*2-1(3)4;;/h14-17,23-27,30,35,37,52-53H,3,8-13,18-22,28H2,1-2,4-7H3,(H,49,54);2*5-8,13-14,16,30-31H,4,9-12,15H2,1-3H3,(H,27,32);2*(H2,3,4);;. The number of aromatic hydroxyl groups is 6. The molecule has 0 spiro atoms. The van der Waals surface area contributed by atoms with Crippen molar-refractivity contribution in [3.63, 3.8) is 0 Å². The number of carbonyl (C=O) groups is 4. The number of aliphatic hydroxyl groups excluding tert-OH is 2. The van der Waals surface area contributed by atoms with Crippen molar-refractivity contribution in [3.8, 4) is 113 Å². The van der Waals surface area contributed by atoms with Gasteiger partial charge in [0.25, 0.3) is 17.7 Å². The Morgan fingerprint density at radius 3 is 1.14 bits per heavy atom. The van der Waals surface area contributed by atoms with E-state index in [1.807, 2.05) is 148 Å². The summed E-state index contributed by atoms with van der Waals surface area (Å²) in [4.78, 5) is 59.7. The summed E-state index contributed by atoms with van der Waals surface area (Å²) in [6, 6.07) is 36.4. The molecule has 2 atom stereocenters. The number of hydrogen-bond acceptors (Lipinski definition) is 26. The molecular formula is C102H125B2N11O20Y2. The second-order valence-electron chi connectivity index (χ2n) is 34.5. The fraction of sp³-hybridized carbons (Fsp3) is 0.402. The number of carbonyl (C=O) groups excluding carboxylic acids is 4. The topological polar surface area (TPSA) is 448 Å². The van der Waals surface area contributed by atoms with Crippen LogP contribution in [0.2, 0.25) is 0 Å². The minimum absolute atomic E-state index is 0. The van der Waals surface area contributed by atoms with Crippen LogP contribution in [0.5, 0.6) is 46.0 Å². The first-order chi connectivity index (χ1) is 64.6. The molecule has 3 fully saturated rings. The van der Waals surface area contributed by atoms with Gasteiger partial charge in [0.15, 0.2) is 50.1 Å². The maximum Gasteiger partial charge on any atom is 0.519 e. The summed E-state index contributed by atoms with van der Waals surface area (Å²) in [6.45, 7) is 41.0. The van der Waals surface area contributed by atoms with Gasteiger partial charge in [-0.25, -0.2) is 4.79 Å². The van der Waals surface area contributed by atoms with E-state index in [1.165, 1.54) is 23.8 Å². The maximum atomic E-state index is 13.8. The van der Waals surface area contributed by atoms with Crippen LogP contribution >= 0.6 is 0 Å². The first kappa shape index (κ1) is 111. The van der Waals surface area contributed by atoms with Gasteiger partial charge in [0.05, 0.1) is 73.0 Å². The predicted octanol–water partition coefficient (Wildman–Crippen LogP) is 18.0. The first-order valence-electron chi connectivity index (χ1n) is 45.8. The van der Waals surface area contributed by atoms with E-state index in [9.17, 15) is 49.8 Å². The van der Waals surface area contributed by atoms with E-state index in [1.54, 1.807) is 24.3 Å². The van der Waals surface area contributed by atoms with Crippen molar-refractivity contribution in [2.75, 3.05) is 98.5 Å². The number of aromatic nitrogens is 3. The summed E-state index contributed by atoms with van der Waals surface area (Å²) in [5.74, 6) is -2.49. The molecule has 6 radical (unpaired) electrons. The average Bonchev–Trinajstić information content (AvgIpc) is 1.57. The molecule has 0 saturated carbocycles. The molecule has 4 aliphatic rings. The molecule has 720 valence electrons. The predicted molar refractivity (Wildman–Crippen MR) is 519 cm³/mol. The molecule has 35 heteroatoms. The van der Waals surface area contributed by atoms with Crippen LogP contribution in [-0.2, 0) is 106 Å². The third-order valence-electron chi connectivity index (χ3n) is 23.4. The van der Waals surface area contributed by atoms with Gasteiger partial charge in [0, 0.05) is 174 Å². The first-order valence-corrected chi connectivity index (χ1v) is 45.8. The van der Waals surface area contributed by atoms with E-state index in [4.69, 9.17) is 58.3 Å². The van der Waals surface area contributed by atoms with Gasteiger partial charge in [0.1, 0.15) is 57.6 Å². The number of ether oxygens (including phenoxy) is 5. The molecule has 1 aliphatic carbocycles. The van der Waals surface area contributed by atoms with Crippen LogP contribution in [0.15, 0.2) is 159 Å². The van der Waals surface area contributed by atoms with Crippen molar-refractivity contribution in [3.05, 3.63) is 207 Å². The molecule has 3 amide bonds. The van der Waals surface area contributed by atoms with Crippen LogP contribution in [0, 0.1) is 16.7 Å². The van der Waals surface area contributed by atoms with Crippen LogP contribution in [-0.4, -0.2) is 221 Å². The molecule has 3 saturated heterocycles. The number of nitrogens with one attached hydrogen (secondary N) is 5.